The van der Waals surface area contributed by atoms with Gasteiger partial charge in [-0.25, -0.2) is 0 Å². The SMILES string of the molecule is C=CCc1cc(C2C3=C(CC(C)(C)CC3=O)N(CC)C3=C2C(=O)CC(C)(C)C3)cc(OC)c1Oc1ccc([N+](=O)[O-])cc1[N+](=O)[O-]. The quantitative estimate of drug-likeness (QED) is 0.155. The highest BCUT2D eigenvalue weighted by Crippen LogP contribution is 2.55. The number of hydrogen-bond donors (Lipinski definition) is 0. The van der Waals surface area contributed by atoms with Crippen molar-refractivity contribution < 1.29 is 28.9 Å². The highest BCUT2D eigenvalue weighted by molar-refractivity contribution is 6.06. The maximum absolute atomic E-state index is 14.0. The van der Waals surface area contributed by atoms with Gasteiger partial charge in [0.25, 0.3) is 5.69 Å². The van der Waals surface area contributed by atoms with Gasteiger partial charge >= 0.3 is 5.69 Å². The number of carbonyl (C=O) groups is 2. The summed E-state index contributed by atoms with van der Waals surface area (Å²) in [6.45, 7) is 14.9. The number of ketones is 2. The predicted octanol–water partition coefficient (Wildman–Crippen LogP) is 7.74. The monoisotopic (exact) mass is 629 g/mol. The maximum atomic E-state index is 14.0. The van der Waals surface area contributed by atoms with E-state index >= 15 is 0 Å². The summed E-state index contributed by atoms with van der Waals surface area (Å²) >= 11 is 0. The number of Topliss-reactive ketones (excluding diaryl/α,β-unsaturated/α-hetero) is 2. The van der Waals surface area contributed by atoms with Gasteiger partial charge in [0.1, 0.15) is 0 Å². The number of non-ortho nitro benzene ring substituents is 1. The third kappa shape index (κ3) is 5.81. The van der Waals surface area contributed by atoms with Crippen molar-refractivity contribution in [3.8, 4) is 17.2 Å². The third-order valence-electron chi connectivity index (χ3n) is 8.97. The molecule has 46 heavy (non-hydrogen) atoms. The van der Waals surface area contributed by atoms with Crippen LogP contribution >= 0.6 is 0 Å². The lowest BCUT2D eigenvalue weighted by Gasteiger charge is -2.49. The van der Waals surface area contributed by atoms with Crippen molar-refractivity contribution in [1.82, 2.24) is 4.90 Å². The first kappa shape index (κ1) is 32.6. The van der Waals surface area contributed by atoms with E-state index < -0.39 is 27.1 Å². The first-order valence-corrected chi connectivity index (χ1v) is 15.3. The van der Waals surface area contributed by atoms with Crippen molar-refractivity contribution in [3.05, 3.63) is 96.9 Å². The highest BCUT2D eigenvalue weighted by Gasteiger charge is 2.49. The van der Waals surface area contributed by atoms with E-state index in [4.69, 9.17) is 9.47 Å². The van der Waals surface area contributed by atoms with E-state index in [0.29, 0.717) is 54.5 Å². The number of nitro benzene ring substituents is 2. The first-order valence-electron chi connectivity index (χ1n) is 15.3. The Balaban J connectivity index is 1.74. The van der Waals surface area contributed by atoms with E-state index in [2.05, 4.69) is 39.2 Å². The molecule has 0 atom stereocenters. The van der Waals surface area contributed by atoms with E-state index in [1.54, 1.807) is 12.1 Å². The van der Waals surface area contributed by atoms with Crippen LogP contribution < -0.4 is 9.47 Å². The van der Waals surface area contributed by atoms with E-state index in [0.717, 1.165) is 23.5 Å². The number of rotatable bonds is 9. The molecule has 0 bridgehead atoms. The highest BCUT2D eigenvalue weighted by atomic mass is 16.6. The van der Waals surface area contributed by atoms with Crippen molar-refractivity contribution in [2.75, 3.05) is 13.7 Å². The standard InChI is InChI=1S/C35H39N3O8/c1-8-10-20-13-21(14-29(45-7)33(20)46-28-12-11-22(37(41)42)15-23(28)38(43)44)30-31-24(16-34(3,4)18-26(31)39)36(9-2)25-17-35(5,6)19-27(40)32(25)30/h8,11-15,30H,1,9-10,16-19H2,2-7H3. The molecule has 1 heterocycles. The van der Waals surface area contributed by atoms with Crippen LogP contribution in [-0.4, -0.2) is 40.0 Å². The minimum atomic E-state index is -0.744. The molecular formula is C35H39N3O8. The predicted molar refractivity (Wildman–Crippen MR) is 172 cm³/mol. The maximum Gasteiger partial charge on any atom is 0.318 e. The number of benzene rings is 2. The number of ether oxygens (including phenoxy) is 2. The Morgan fingerprint density at radius 2 is 1.50 bits per heavy atom. The van der Waals surface area contributed by atoms with Gasteiger partial charge in [0.05, 0.1) is 23.0 Å². The van der Waals surface area contributed by atoms with Gasteiger partial charge in [-0.05, 0) is 54.7 Å². The second kappa shape index (κ2) is 11.9. The average Bonchev–Trinajstić information content (AvgIpc) is 2.95. The molecule has 0 radical (unpaired) electrons. The van der Waals surface area contributed by atoms with Crippen LogP contribution in [0.1, 0.15) is 77.3 Å². The Morgan fingerprint density at radius 1 is 0.913 bits per heavy atom. The molecule has 2 aromatic carbocycles. The lowest BCUT2D eigenvalue weighted by molar-refractivity contribution is -0.394. The second-order valence-electron chi connectivity index (χ2n) is 13.8. The summed E-state index contributed by atoms with van der Waals surface area (Å²) in [6.07, 6.45) is 3.99. The lowest BCUT2D eigenvalue weighted by Crippen LogP contribution is -2.44. The molecule has 0 amide bonds. The molecule has 0 saturated heterocycles. The molecule has 0 saturated carbocycles. The minimum Gasteiger partial charge on any atom is -0.493 e. The van der Waals surface area contributed by atoms with Crippen LogP contribution in [0.4, 0.5) is 11.4 Å². The topological polar surface area (TPSA) is 142 Å². The van der Waals surface area contributed by atoms with E-state index in [1.165, 1.54) is 13.2 Å². The molecule has 2 aliphatic carbocycles. The van der Waals surface area contributed by atoms with Crippen LogP contribution in [0, 0.1) is 31.1 Å². The van der Waals surface area contributed by atoms with Gasteiger partial charge in [-0.1, -0.05) is 39.8 Å². The van der Waals surface area contributed by atoms with Crippen molar-refractivity contribution in [2.24, 2.45) is 10.8 Å². The summed E-state index contributed by atoms with van der Waals surface area (Å²) < 4.78 is 11.9. The molecule has 11 nitrogen and oxygen atoms in total. The van der Waals surface area contributed by atoms with Gasteiger partial charge < -0.3 is 14.4 Å². The Hall–Kier alpha value is -4.80. The van der Waals surface area contributed by atoms with Crippen LogP contribution in [0.3, 0.4) is 0 Å². The third-order valence-corrected chi connectivity index (χ3v) is 8.97. The molecule has 0 spiro atoms. The molecule has 242 valence electrons. The number of allylic oxidation sites excluding steroid dienone is 5. The van der Waals surface area contributed by atoms with Crippen LogP contribution in [0.15, 0.2) is 65.5 Å². The molecule has 0 fully saturated rings. The fourth-order valence-electron chi connectivity index (χ4n) is 7.15. The number of nitrogens with zero attached hydrogens (tertiary/aromatic N) is 3. The van der Waals surface area contributed by atoms with Crippen molar-refractivity contribution in [2.45, 2.75) is 72.6 Å². The fourth-order valence-corrected chi connectivity index (χ4v) is 7.15. The van der Waals surface area contributed by atoms with E-state index in [-0.39, 0.29) is 46.1 Å². The van der Waals surface area contributed by atoms with Gasteiger partial charge in [0, 0.05) is 59.5 Å². The number of carbonyl (C=O) groups excluding carboxylic acids is 2. The summed E-state index contributed by atoms with van der Waals surface area (Å²) in [6, 6.07) is 6.73. The van der Waals surface area contributed by atoms with Gasteiger partial charge in [0.2, 0.25) is 5.75 Å². The molecule has 1 aliphatic heterocycles. The Kier molecular flexibility index (Phi) is 8.40. The van der Waals surface area contributed by atoms with Gasteiger partial charge in [-0.15, -0.1) is 6.58 Å². The lowest BCUT2D eigenvalue weighted by atomic mass is 9.63. The van der Waals surface area contributed by atoms with Crippen LogP contribution in [0.5, 0.6) is 17.2 Å². The molecular weight excluding hydrogens is 590 g/mol. The van der Waals surface area contributed by atoms with Crippen molar-refractivity contribution in [1.29, 1.82) is 0 Å². The molecule has 2 aromatic rings. The normalized spacial score (nSPS) is 19.0. The van der Waals surface area contributed by atoms with Crippen LogP contribution in [0.25, 0.3) is 0 Å². The van der Waals surface area contributed by atoms with Crippen LogP contribution in [0.2, 0.25) is 0 Å². The van der Waals surface area contributed by atoms with E-state index in [1.807, 2.05) is 13.0 Å². The van der Waals surface area contributed by atoms with Gasteiger partial charge in [-0.3, -0.25) is 29.8 Å². The fraction of sp³-hybridized carbons (Fsp3) is 0.429. The summed E-state index contributed by atoms with van der Waals surface area (Å²) in [5.41, 5.74) is 2.87. The number of nitro groups is 2. The van der Waals surface area contributed by atoms with E-state index in [9.17, 15) is 29.8 Å². The van der Waals surface area contributed by atoms with Crippen LogP contribution in [-0.2, 0) is 16.0 Å². The number of hydrogen-bond acceptors (Lipinski definition) is 9. The summed E-state index contributed by atoms with van der Waals surface area (Å²) in [4.78, 5) is 52.0. The molecule has 3 aliphatic rings. The molecule has 11 heteroatoms. The first-order chi connectivity index (χ1) is 21.6. The molecule has 5 rings (SSSR count). The zero-order chi connectivity index (χ0) is 33.7. The average molecular weight is 630 g/mol. The summed E-state index contributed by atoms with van der Waals surface area (Å²) in [7, 11) is 1.44. The Morgan fingerprint density at radius 3 is 1.98 bits per heavy atom. The zero-order valence-corrected chi connectivity index (χ0v) is 27.1. The Bertz CT molecular complexity index is 1700. The smallest absolute Gasteiger partial charge is 0.318 e. The minimum absolute atomic E-state index is 0.00459. The van der Waals surface area contributed by atoms with Gasteiger partial charge in [-0.2, -0.15) is 0 Å². The number of methoxy groups -OCH3 is 1. The van der Waals surface area contributed by atoms with Gasteiger partial charge in [0.15, 0.2) is 23.1 Å². The molecule has 0 aromatic heterocycles. The Labute approximate surface area is 267 Å². The largest absolute Gasteiger partial charge is 0.493 e. The zero-order valence-electron chi connectivity index (χ0n) is 27.1. The summed E-state index contributed by atoms with van der Waals surface area (Å²) in [5.74, 6) is -0.413. The second-order valence-corrected chi connectivity index (χ2v) is 13.8. The molecule has 0 unspecified atom stereocenters. The summed E-state index contributed by atoms with van der Waals surface area (Å²) in [5, 5.41) is 23.1. The van der Waals surface area contributed by atoms with Crippen molar-refractivity contribution >= 4 is 22.9 Å². The van der Waals surface area contributed by atoms with Crippen molar-refractivity contribution in [3.63, 3.8) is 0 Å². The molecule has 0 N–H and O–H groups in total.